The van der Waals surface area contributed by atoms with Crippen molar-refractivity contribution < 1.29 is 23.1 Å². The Morgan fingerprint density at radius 1 is 1.41 bits per heavy atom. The molecule has 0 aliphatic carbocycles. The molecule has 1 aliphatic rings. The van der Waals surface area contributed by atoms with E-state index in [0.717, 1.165) is 12.1 Å². The van der Waals surface area contributed by atoms with E-state index in [0.29, 0.717) is 11.3 Å². The Kier molecular flexibility index (Phi) is 2.52. The van der Waals surface area contributed by atoms with E-state index in [1.807, 2.05) is 0 Å². The second-order valence-electron chi connectivity index (χ2n) is 4.05. The van der Waals surface area contributed by atoms with E-state index in [1.54, 1.807) is 6.92 Å². The molecule has 92 valence electrons. The van der Waals surface area contributed by atoms with Crippen molar-refractivity contribution in [3.05, 3.63) is 29.3 Å². The molecule has 17 heavy (non-hydrogen) atoms. The number of carboxylic acid groups (broad SMARTS) is 1. The lowest BCUT2D eigenvalue weighted by Gasteiger charge is -2.11. The number of aliphatic carboxylic acids is 1. The molecule has 2 N–H and O–H groups in total. The Labute approximate surface area is 95.3 Å². The zero-order chi connectivity index (χ0) is 12.8. The monoisotopic (exact) mass is 245 g/mol. The zero-order valence-corrected chi connectivity index (χ0v) is 8.88. The van der Waals surface area contributed by atoms with Crippen LogP contribution in [0.15, 0.2) is 18.2 Å². The topological polar surface area (TPSA) is 49.3 Å². The number of anilines is 1. The largest absolute Gasteiger partial charge is 0.480 e. The van der Waals surface area contributed by atoms with E-state index in [2.05, 4.69) is 5.32 Å². The molecule has 2 unspecified atom stereocenters. The molecular weight excluding hydrogens is 235 g/mol. The predicted octanol–water partition coefficient (Wildman–Crippen LogP) is 2.69. The Morgan fingerprint density at radius 2 is 2.06 bits per heavy atom. The third kappa shape index (κ3) is 1.94. The van der Waals surface area contributed by atoms with Gasteiger partial charge in [0.15, 0.2) is 0 Å². The van der Waals surface area contributed by atoms with Gasteiger partial charge in [0.25, 0.3) is 0 Å². The van der Waals surface area contributed by atoms with Gasteiger partial charge >= 0.3 is 12.1 Å². The Hall–Kier alpha value is -1.72. The van der Waals surface area contributed by atoms with Gasteiger partial charge < -0.3 is 10.4 Å². The molecule has 2 atom stereocenters. The van der Waals surface area contributed by atoms with E-state index in [-0.39, 0.29) is 0 Å². The van der Waals surface area contributed by atoms with Crippen LogP contribution >= 0.6 is 0 Å². The average molecular weight is 245 g/mol. The molecule has 6 heteroatoms. The lowest BCUT2D eigenvalue weighted by Crippen LogP contribution is -2.28. The number of halogens is 3. The summed E-state index contributed by atoms with van der Waals surface area (Å²) in [5, 5.41) is 11.6. The number of alkyl halides is 3. The maximum Gasteiger partial charge on any atom is 0.416 e. The molecule has 1 heterocycles. The first-order chi connectivity index (χ1) is 7.80. The summed E-state index contributed by atoms with van der Waals surface area (Å²) >= 11 is 0. The van der Waals surface area contributed by atoms with Crippen LogP contribution in [0.1, 0.15) is 24.0 Å². The predicted molar refractivity (Wildman–Crippen MR) is 54.9 cm³/mol. The number of rotatable bonds is 1. The van der Waals surface area contributed by atoms with Crippen molar-refractivity contribution in [1.29, 1.82) is 0 Å². The van der Waals surface area contributed by atoms with Crippen LogP contribution in [0.2, 0.25) is 0 Å². The first kappa shape index (κ1) is 11.8. The minimum atomic E-state index is -4.41. The maximum atomic E-state index is 12.5. The van der Waals surface area contributed by atoms with Gasteiger partial charge in [-0.05, 0) is 23.8 Å². The van der Waals surface area contributed by atoms with Crippen LogP contribution in [-0.2, 0) is 11.0 Å². The highest BCUT2D eigenvalue weighted by Crippen LogP contribution is 2.39. The third-order valence-corrected chi connectivity index (χ3v) is 2.95. The standard InChI is InChI=1S/C11H10F3NO2/c1-5-7-4-6(11(12,13)14)2-3-8(7)15-9(5)10(16)17/h2-5,9,15H,1H3,(H,16,17). The first-order valence-corrected chi connectivity index (χ1v) is 5.01. The number of nitrogens with one attached hydrogen (secondary N) is 1. The van der Waals surface area contributed by atoms with Crippen molar-refractivity contribution in [2.75, 3.05) is 5.32 Å². The summed E-state index contributed by atoms with van der Waals surface area (Å²) in [7, 11) is 0. The first-order valence-electron chi connectivity index (χ1n) is 5.01. The summed E-state index contributed by atoms with van der Waals surface area (Å²) in [6.45, 7) is 1.60. The van der Waals surface area contributed by atoms with E-state index in [4.69, 9.17) is 5.11 Å². The number of hydrogen-bond donors (Lipinski definition) is 2. The quantitative estimate of drug-likeness (QED) is 0.799. The molecule has 0 fully saturated rings. The molecule has 0 aromatic heterocycles. The maximum absolute atomic E-state index is 12.5. The molecule has 1 aromatic carbocycles. The van der Waals surface area contributed by atoms with Crippen LogP contribution < -0.4 is 5.32 Å². The summed E-state index contributed by atoms with van der Waals surface area (Å²) in [5.74, 6) is -1.55. The van der Waals surface area contributed by atoms with Crippen LogP contribution in [0.25, 0.3) is 0 Å². The van der Waals surface area contributed by atoms with Gasteiger partial charge in [0, 0.05) is 11.6 Å². The zero-order valence-electron chi connectivity index (χ0n) is 8.88. The molecule has 1 aliphatic heterocycles. The van der Waals surface area contributed by atoms with E-state index >= 15 is 0 Å². The fraction of sp³-hybridized carbons (Fsp3) is 0.364. The second kappa shape index (κ2) is 3.65. The lowest BCUT2D eigenvalue weighted by molar-refractivity contribution is -0.138. The van der Waals surface area contributed by atoms with Crippen molar-refractivity contribution >= 4 is 11.7 Å². The minimum Gasteiger partial charge on any atom is -0.480 e. The molecule has 0 radical (unpaired) electrons. The van der Waals surface area contributed by atoms with Crippen LogP contribution in [0.4, 0.5) is 18.9 Å². The van der Waals surface area contributed by atoms with Crippen molar-refractivity contribution in [1.82, 2.24) is 0 Å². The van der Waals surface area contributed by atoms with Crippen LogP contribution in [-0.4, -0.2) is 17.1 Å². The van der Waals surface area contributed by atoms with Gasteiger partial charge in [-0.15, -0.1) is 0 Å². The van der Waals surface area contributed by atoms with Crippen molar-refractivity contribution in [2.45, 2.75) is 25.1 Å². The van der Waals surface area contributed by atoms with E-state index < -0.39 is 29.7 Å². The van der Waals surface area contributed by atoms with Gasteiger partial charge in [-0.3, -0.25) is 0 Å². The van der Waals surface area contributed by atoms with Crippen LogP contribution in [0.5, 0.6) is 0 Å². The van der Waals surface area contributed by atoms with Crippen molar-refractivity contribution in [3.8, 4) is 0 Å². The lowest BCUT2D eigenvalue weighted by atomic mass is 9.96. The summed E-state index contributed by atoms with van der Waals surface area (Å²) in [4.78, 5) is 10.9. The number of carbonyl (C=O) groups is 1. The highest BCUT2D eigenvalue weighted by molar-refractivity contribution is 5.82. The summed E-state index contributed by atoms with van der Waals surface area (Å²) in [6, 6.07) is 2.37. The smallest absolute Gasteiger partial charge is 0.416 e. The Balaban J connectivity index is 2.41. The van der Waals surface area contributed by atoms with Crippen molar-refractivity contribution in [2.24, 2.45) is 0 Å². The molecule has 3 nitrogen and oxygen atoms in total. The van der Waals surface area contributed by atoms with E-state index in [9.17, 15) is 18.0 Å². The molecular formula is C11H10F3NO2. The Morgan fingerprint density at radius 3 is 2.59 bits per heavy atom. The highest BCUT2D eigenvalue weighted by Gasteiger charge is 2.37. The fourth-order valence-electron chi connectivity index (χ4n) is 1.99. The van der Waals surface area contributed by atoms with Crippen LogP contribution in [0.3, 0.4) is 0 Å². The van der Waals surface area contributed by atoms with Gasteiger partial charge in [-0.25, -0.2) is 4.79 Å². The minimum absolute atomic E-state index is 0.396. The molecule has 1 aromatic rings. The number of carboxylic acids is 1. The number of benzene rings is 1. The SMILES string of the molecule is CC1c2cc(C(F)(F)F)ccc2NC1C(=O)O. The Bertz CT molecular complexity index is 470. The van der Waals surface area contributed by atoms with Gasteiger partial charge in [0.1, 0.15) is 6.04 Å². The fourth-order valence-corrected chi connectivity index (χ4v) is 1.99. The molecule has 0 bridgehead atoms. The molecule has 0 saturated carbocycles. The van der Waals surface area contributed by atoms with Gasteiger partial charge in [-0.1, -0.05) is 6.92 Å². The third-order valence-electron chi connectivity index (χ3n) is 2.95. The van der Waals surface area contributed by atoms with Gasteiger partial charge in [-0.2, -0.15) is 13.2 Å². The van der Waals surface area contributed by atoms with Gasteiger partial charge in [0.05, 0.1) is 5.56 Å². The molecule has 2 rings (SSSR count). The summed E-state index contributed by atoms with van der Waals surface area (Å²) < 4.78 is 37.5. The van der Waals surface area contributed by atoms with E-state index in [1.165, 1.54) is 6.07 Å². The molecule has 0 amide bonds. The normalized spacial score (nSPS) is 23.1. The van der Waals surface area contributed by atoms with Crippen LogP contribution in [0, 0.1) is 0 Å². The average Bonchev–Trinajstić information content (AvgIpc) is 2.54. The second-order valence-corrected chi connectivity index (χ2v) is 4.05. The highest BCUT2D eigenvalue weighted by atomic mass is 19.4. The van der Waals surface area contributed by atoms with Crippen molar-refractivity contribution in [3.63, 3.8) is 0 Å². The number of hydrogen-bond acceptors (Lipinski definition) is 2. The molecule has 0 spiro atoms. The molecule has 0 saturated heterocycles. The summed E-state index contributed by atoms with van der Waals surface area (Å²) in [6.07, 6.45) is -4.41. The summed E-state index contributed by atoms with van der Waals surface area (Å²) in [5.41, 5.74) is 0.0982. The number of fused-ring (bicyclic) bond motifs is 1. The van der Waals surface area contributed by atoms with Gasteiger partial charge in [0.2, 0.25) is 0 Å².